The lowest BCUT2D eigenvalue weighted by Gasteiger charge is -2.28. The van der Waals surface area contributed by atoms with E-state index in [1.807, 2.05) is 6.07 Å². The van der Waals surface area contributed by atoms with Crippen LogP contribution in [-0.4, -0.2) is 19.0 Å². The number of ketones is 1. The highest BCUT2D eigenvalue weighted by atomic mass is 16.5. The zero-order chi connectivity index (χ0) is 14.2. The first kappa shape index (κ1) is 15.2. The summed E-state index contributed by atoms with van der Waals surface area (Å²) in [6.45, 7) is 0. The van der Waals surface area contributed by atoms with Crippen molar-refractivity contribution < 1.29 is 9.53 Å². The average molecular weight is 274 g/mol. The van der Waals surface area contributed by atoms with Crippen LogP contribution < -0.4 is 0 Å². The minimum atomic E-state index is -0.161. The number of carbonyl (C=O) groups excluding carboxylic acids is 1. The van der Waals surface area contributed by atoms with Gasteiger partial charge in [-0.1, -0.05) is 49.6 Å². The Labute approximate surface area is 122 Å². The third-order valence-electron chi connectivity index (χ3n) is 4.38. The zero-order valence-electron chi connectivity index (χ0n) is 12.5. The fourth-order valence-electron chi connectivity index (χ4n) is 3.28. The Bertz CT molecular complexity index is 393. The van der Waals surface area contributed by atoms with Gasteiger partial charge < -0.3 is 4.74 Å². The highest BCUT2D eigenvalue weighted by Gasteiger charge is 2.28. The summed E-state index contributed by atoms with van der Waals surface area (Å²) in [6.07, 6.45) is 8.52. The van der Waals surface area contributed by atoms with Gasteiger partial charge in [0.05, 0.1) is 0 Å². The summed E-state index contributed by atoms with van der Waals surface area (Å²) in [5.74, 6) is 0.758. The monoisotopic (exact) mass is 274 g/mol. The summed E-state index contributed by atoms with van der Waals surface area (Å²) in [5, 5.41) is 0. The normalized spacial score (nSPS) is 17.9. The van der Waals surface area contributed by atoms with E-state index in [1.165, 1.54) is 24.8 Å². The molecule has 0 spiro atoms. The molecule has 1 aromatic rings. The predicted molar refractivity (Wildman–Crippen MR) is 81.8 cm³/mol. The molecule has 2 heteroatoms. The third kappa shape index (κ3) is 4.45. The Morgan fingerprint density at radius 2 is 1.90 bits per heavy atom. The van der Waals surface area contributed by atoms with Crippen molar-refractivity contribution in [1.82, 2.24) is 0 Å². The van der Waals surface area contributed by atoms with E-state index >= 15 is 0 Å². The van der Waals surface area contributed by atoms with Crippen LogP contribution in [0.2, 0.25) is 0 Å². The smallest absolute Gasteiger partial charge is 0.161 e. The van der Waals surface area contributed by atoms with Crippen LogP contribution >= 0.6 is 0 Å². The largest absolute Gasteiger partial charge is 0.373 e. The minimum Gasteiger partial charge on any atom is -0.373 e. The number of aryl methyl sites for hydroxylation is 1. The van der Waals surface area contributed by atoms with Gasteiger partial charge in [-0.05, 0) is 37.2 Å². The third-order valence-corrected chi connectivity index (χ3v) is 4.38. The molecular weight excluding hydrogens is 248 g/mol. The van der Waals surface area contributed by atoms with Crippen molar-refractivity contribution in [3.8, 4) is 0 Å². The van der Waals surface area contributed by atoms with Gasteiger partial charge in [-0.3, -0.25) is 4.79 Å². The molecule has 1 unspecified atom stereocenters. The van der Waals surface area contributed by atoms with Crippen LogP contribution in [-0.2, 0) is 16.0 Å². The van der Waals surface area contributed by atoms with Crippen molar-refractivity contribution in [2.24, 2.45) is 5.92 Å². The molecular formula is C18H26O2. The van der Waals surface area contributed by atoms with Crippen LogP contribution in [0.5, 0.6) is 0 Å². The van der Waals surface area contributed by atoms with Crippen molar-refractivity contribution in [2.45, 2.75) is 57.5 Å². The summed E-state index contributed by atoms with van der Waals surface area (Å²) in [5.41, 5.74) is 1.31. The topological polar surface area (TPSA) is 26.3 Å². The van der Waals surface area contributed by atoms with E-state index in [1.54, 1.807) is 7.11 Å². The summed E-state index contributed by atoms with van der Waals surface area (Å²) >= 11 is 0. The second kappa shape index (κ2) is 8.21. The van der Waals surface area contributed by atoms with Crippen molar-refractivity contribution in [3.05, 3.63) is 35.9 Å². The average Bonchev–Trinajstić information content (AvgIpc) is 2.50. The number of rotatable bonds is 7. The number of hydrogen-bond donors (Lipinski definition) is 0. The summed E-state index contributed by atoms with van der Waals surface area (Å²) in [4.78, 5) is 12.3. The zero-order valence-corrected chi connectivity index (χ0v) is 12.5. The van der Waals surface area contributed by atoms with E-state index in [0.29, 0.717) is 18.1 Å². The molecule has 0 bridgehead atoms. The first-order valence-electron chi connectivity index (χ1n) is 7.90. The van der Waals surface area contributed by atoms with E-state index in [0.717, 1.165) is 25.7 Å². The van der Waals surface area contributed by atoms with Gasteiger partial charge in [0, 0.05) is 13.5 Å². The lowest BCUT2D eigenvalue weighted by molar-refractivity contribution is -0.132. The number of benzene rings is 1. The molecule has 0 aromatic heterocycles. The fourth-order valence-corrected chi connectivity index (χ4v) is 3.28. The Hall–Kier alpha value is -1.15. The molecule has 1 atom stereocenters. The van der Waals surface area contributed by atoms with Gasteiger partial charge in [0.1, 0.15) is 6.10 Å². The molecule has 0 amide bonds. The summed E-state index contributed by atoms with van der Waals surface area (Å²) in [7, 11) is 1.69. The number of ether oxygens (including phenoxy) is 1. The van der Waals surface area contributed by atoms with Gasteiger partial charge in [-0.25, -0.2) is 0 Å². The van der Waals surface area contributed by atoms with Gasteiger partial charge in [0.15, 0.2) is 5.78 Å². The highest BCUT2D eigenvalue weighted by Crippen LogP contribution is 2.28. The van der Waals surface area contributed by atoms with E-state index < -0.39 is 0 Å². The minimum absolute atomic E-state index is 0.161. The van der Waals surface area contributed by atoms with Crippen LogP contribution in [0.3, 0.4) is 0 Å². The summed E-state index contributed by atoms with van der Waals surface area (Å²) in [6, 6.07) is 10.4. The number of carbonyl (C=O) groups is 1. The van der Waals surface area contributed by atoms with Gasteiger partial charge >= 0.3 is 0 Å². The molecule has 1 aromatic carbocycles. The highest BCUT2D eigenvalue weighted by molar-refractivity contribution is 5.83. The Morgan fingerprint density at radius 3 is 2.55 bits per heavy atom. The van der Waals surface area contributed by atoms with Gasteiger partial charge in [0.25, 0.3) is 0 Å². The van der Waals surface area contributed by atoms with Gasteiger partial charge in [-0.15, -0.1) is 0 Å². The summed E-state index contributed by atoms with van der Waals surface area (Å²) < 4.78 is 5.50. The van der Waals surface area contributed by atoms with Crippen LogP contribution in [0.4, 0.5) is 0 Å². The fraction of sp³-hybridized carbons (Fsp3) is 0.611. The molecule has 0 N–H and O–H groups in total. The molecule has 1 aliphatic carbocycles. The lowest BCUT2D eigenvalue weighted by atomic mass is 9.83. The second-order valence-electron chi connectivity index (χ2n) is 5.86. The molecule has 0 heterocycles. The molecule has 0 saturated heterocycles. The molecule has 2 nitrogen and oxygen atoms in total. The molecule has 2 rings (SSSR count). The number of Topliss-reactive ketones (excluding diaryl/α,β-unsaturated/α-hetero) is 1. The number of hydrogen-bond acceptors (Lipinski definition) is 2. The SMILES string of the molecule is COC(C(=O)CCCc1ccccc1)C1CCCCC1. The molecule has 20 heavy (non-hydrogen) atoms. The van der Waals surface area contributed by atoms with Crippen LogP contribution in [0.1, 0.15) is 50.5 Å². The molecule has 0 radical (unpaired) electrons. The molecule has 110 valence electrons. The standard InChI is InChI=1S/C18H26O2/c1-20-18(16-12-6-3-7-13-16)17(19)14-8-11-15-9-4-2-5-10-15/h2,4-5,9-10,16,18H,3,6-8,11-14H2,1H3. The second-order valence-corrected chi connectivity index (χ2v) is 5.86. The quantitative estimate of drug-likeness (QED) is 0.746. The van der Waals surface area contributed by atoms with E-state index in [2.05, 4.69) is 24.3 Å². The molecule has 0 aliphatic heterocycles. The maximum atomic E-state index is 12.3. The van der Waals surface area contributed by atoms with Crippen molar-refractivity contribution in [3.63, 3.8) is 0 Å². The Morgan fingerprint density at radius 1 is 1.20 bits per heavy atom. The Balaban J connectivity index is 1.77. The van der Waals surface area contributed by atoms with Crippen LogP contribution in [0, 0.1) is 5.92 Å². The van der Waals surface area contributed by atoms with Crippen LogP contribution in [0.25, 0.3) is 0 Å². The van der Waals surface area contributed by atoms with Crippen molar-refractivity contribution in [1.29, 1.82) is 0 Å². The number of methoxy groups -OCH3 is 1. The van der Waals surface area contributed by atoms with Gasteiger partial charge in [-0.2, -0.15) is 0 Å². The lowest BCUT2D eigenvalue weighted by Crippen LogP contribution is -2.33. The molecule has 1 aliphatic rings. The first-order chi connectivity index (χ1) is 9.81. The van der Waals surface area contributed by atoms with Crippen molar-refractivity contribution >= 4 is 5.78 Å². The van der Waals surface area contributed by atoms with E-state index in [9.17, 15) is 4.79 Å². The maximum absolute atomic E-state index is 12.3. The molecule has 1 fully saturated rings. The van der Waals surface area contributed by atoms with Crippen molar-refractivity contribution in [2.75, 3.05) is 7.11 Å². The van der Waals surface area contributed by atoms with Crippen LogP contribution in [0.15, 0.2) is 30.3 Å². The predicted octanol–water partition coefficient (Wildman–Crippen LogP) is 4.17. The maximum Gasteiger partial charge on any atom is 0.161 e. The Kier molecular flexibility index (Phi) is 6.25. The molecule has 1 saturated carbocycles. The van der Waals surface area contributed by atoms with Gasteiger partial charge in [0.2, 0.25) is 0 Å². The van der Waals surface area contributed by atoms with E-state index in [-0.39, 0.29) is 6.10 Å². The first-order valence-corrected chi connectivity index (χ1v) is 7.90. The van der Waals surface area contributed by atoms with E-state index in [4.69, 9.17) is 4.74 Å².